The second-order valence-electron chi connectivity index (χ2n) is 7.42. The van der Waals surface area contributed by atoms with Gasteiger partial charge in [0.1, 0.15) is 22.9 Å². The van der Waals surface area contributed by atoms with E-state index in [1.54, 1.807) is 14.2 Å². The van der Waals surface area contributed by atoms with Crippen molar-refractivity contribution in [3.8, 4) is 5.75 Å². The van der Waals surface area contributed by atoms with Crippen molar-refractivity contribution in [2.24, 2.45) is 7.05 Å². The van der Waals surface area contributed by atoms with Gasteiger partial charge in [0.25, 0.3) is 5.91 Å². The maximum absolute atomic E-state index is 13.4. The van der Waals surface area contributed by atoms with Crippen LogP contribution in [0.5, 0.6) is 5.75 Å². The quantitative estimate of drug-likeness (QED) is 0.583. The number of allylic oxidation sites excluding steroid dienone is 2. The molecule has 0 spiro atoms. The molecule has 1 amide bonds. The molecule has 1 aliphatic carbocycles. The van der Waals surface area contributed by atoms with Crippen molar-refractivity contribution in [2.45, 2.75) is 18.8 Å². The Morgan fingerprint density at radius 1 is 1.29 bits per heavy atom. The number of rotatable bonds is 5. The average Bonchev–Trinajstić information content (AvgIpc) is 3.36. The lowest BCUT2D eigenvalue weighted by Gasteiger charge is -2.09. The largest absolute Gasteiger partial charge is 0.497 e. The summed E-state index contributed by atoms with van der Waals surface area (Å²) >= 11 is 5.82. The van der Waals surface area contributed by atoms with Gasteiger partial charge < -0.3 is 15.8 Å². The van der Waals surface area contributed by atoms with E-state index in [1.807, 2.05) is 24.3 Å². The molecule has 160 valence electrons. The molecule has 8 heteroatoms. The molecule has 0 unspecified atom stereocenters. The van der Waals surface area contributed by atoms with Crippen molar-refractivity contribution in [2.75, 3.05) is 18.2 Å². The number of nitrogens with one attached hydrogen (secondary N) is 1. The molecule has 1 atom stereocenters. The summed E-state index contributed by atoms with van der Waals surface area (Å²) in [6.45, 7) is 0. The maximum atomic E-state index is 13.4. The highest BCUT2D eigenvalue weighted by Crippen LogP contribution is 2.39. The summed E-state index contributed by atoms with van der Waals surface area (Å²) in [6, 6.07) is 11.9. The van der Waals surface area contributed by atoms with E-state index >= 15 is 0 Å². The number of amides is 1. The summed E-state index contributed by atoms with van der Waals surface area (Å²) in [5, 5.41) is 7.19. The fourth-order valence-electron chi connectivity index (χ4n) is 3.80. The lowest BCUT2D eigenvalue weighted by atomic mass is 10.0. The molecule has 0 fully saturated rings. The normalized spacial score (nSPS) is 15.6. The molecule has 0 saturated heterocycles. The number of benzene rings is 2. The van der Waals surface area contributed by atoms with Crippen LogP contribution in [-0.4, -0.2) is 22.8 Å². The zero-order chi connectivity index (χ0) is 22.1. The minimum absolute atomic E-state index is 0.0434. The smallest absolute Gasteiger partial charge is 0.261 e. The van der Waals surface area contributed by atoms with Crippen LogP contribution in [0.1, 0.15) is 40.4 Å². The number of nitrogens with two attached hydrogens (primary N) is 1. The maximum Gasteiger partial charge on any atom is 0.261 e. The lowest BCUT2D eigenvalue weighted by Crippen LogP contribution is -2.16. The Balaban J connectivity index is 1.62. The van der Waals surface area contributed by atoms with Gasteiger partial charge in [-0.1, -0.05) is 29.8 Å². The van der Waals surface area contributed by atoms with Crippen molar-refractivity contribution in [1.82, 2.24) is 9.78 Å². The molecule has 1 aromatic heterocycles. The average molecular weight is 441 g/mol. The van der Waals surface area contributed by atoms with Crippen molar-refractivity contribution in [1.29, 1.82) is 0 Å². The molecule has 1 heterocycles. The van der Waals surface area contributed by atoms with E-state index in [0.717, 1.165) is 24.2 Å². The van der Waals surface area contributed by atoms with Gasteiger partial charge in [0.15, 0.2) is 0 Å². The number of halogens is 2. The van der Waals surface area contributed by atoms with E-state index in [2.05, 4.69) is 16.5 Å². The number of aryl methyl sites for hydroxylation is 1. The molecule has 31 heavy (non-hydrogen) atoms. The Bertz CT molecular complexity index is 1170. The number of aromatic nitrogens is 2. The number of ether oxygens (including phenoxy) is 1. The Kier molecular flexibility index (Phi) is 5.69. The standard InChI is InChI=1S/C23H22ClFN4O2/c1-29-22(26)20(23(30)27-16-7-10-19(25)18(24)12-16)21(28-29)15-4-3-14(11-15)13-5-8-17(31-2)9-6-13/h5-12,15H,3-4,26H2,1-2H3,(H,27,30)/t15-/m0/s1. The van der Waals surface area contributed by atoms with Crippen LogP contribution in [0.2, 0.25) is 5.02 Å². The molecule has 3 N–H and O–H groups in total. The third kappa shape index (κ3) is 4.14. The predicted molar refractivity (Wildman–Crippen MR) is 120 cm³/mol. The Labute approximate surface area is 184 Å². The van der Waals surface area contributed by atoms with Crippen molar-refractivity contribution >= 4 is 34.6 Å². The monoisotopic (exact) mass is 440 g/mol. The van der Waals surface area contributed by atoms with E-state index in [9.17, 15) is 9.18 Å². The predicted octanol–water partition coefficient (Wildman–Crippen LogP) is 5.02. The molecule has 3 aromatic rings. The molecule has 2 aromatic carbocycles. The van der Waals surface area contributed by atoms with Crippen LogP contribution < -0.4 is 15.8 Å². The number of hydrogen-bond acceptors (Lipinski definition) is 4. The van der Waals surface area contributed by atoms with Crippen LogP contribution in [-0.2, 0) is 7.05 Å². The lowest BCUT2D eigenvalue weighted by molar-refractivity contribution is 0.102. The number of carbonyl (C=O) groups is 1. The van der Waals surface area contributed by atoms with Crippen molar-refractivity contribution in [3.05, 3.63) is 76.2 Å². The Morgan fingerprint density at radius 3 is 2.71 bits per heavy atom. The molecule has 0 radical (unpaired) electrons. The van der Waals surface area contributed by atoms with Crippen molar-refractivity contribution < 1.29 is 13.9 Å². The van der Waals surface area contributed by atoms with Gasteiger partial charge >= 0.3 is 0 Å². The number of nitrogens with zero attached hydrogens (tertiary/aromatic N) is 2. The molecule has 6 nitrogen and oxygen atoms in total. The van der Waals surface area contributed by atoms with Gasteiger partial charge in [0, 0.05) is 18.7 Å². The minimum atomic E-state index is -0.552. The summed E-state index contributed by atoms with van der Waals surface area (Å²) in [7, 11) is 3.34. The number of anilines is 2. The van der Waals surface area contributed by atoms with Gasteiger partial charge in [-0.2, -0.15) is 5.10 Å². The zero-order valence-electron chi connectivity index (χ0n) is 17.2. The highest BCUT2D eigenvalue weighted by atomic mass is 35.5. The molecule has 0 saturated carbocycles. The molecular weight excluding hydrogens is 419 g/mol. The van der Waals surface area contributed by atoms with Gasteiger partial charge in [-0.25, -0.2) is 4.39 Å². The summed E-state index contributed by atoms with van der Waals surface area (Å²) in [5.41, 5.74) is 9.80. The first-order valence-electron chi connectivity index (χ1n) is 9.81. The first-order chi connectivity index (χ1) is 14.9. The van der Waals surface area contributed by atoms with E-state index in [4.69, 9.17) is 22.1 Å². The zero-order valence-corrected chi connectivity index (χ0v) is 17.9. The molecule has 0 bridgehead atoms. The van der Waals surface area contributed by atoms with Crippen LogP contribution in [0.15, 0.2) is 48.5 Å². The van der Waals surface area contributed by atoms with Gasteiger partial charge in [-0.15, -0.1) is 0 Å². The summed E-state index contributed by atoms with van der Waals surface area (Å²) in [6.07, 6.45) is 3.82. The molecule has 1 aliphatic rings. The second kappa shape index (κ2) is 8.43. The number of carbonyl (C=O) groups excluding carboxylic acids is 1. The van der Waals surface area contributed by atoms with Gasteiger partial charge in [-0.3, -0.25) is 9.48 Å². The number of nitrogen functional groups attached to an aromatic ring is 1. The summed E-state index contributed by atoms with van der Waals surface area (Å²) in [5.74, 6) is 0.0689. The highest BCUT2D eigenvalue weighted by Gasteiger charge is 2.29. The topological polar surface area (TPSA) is 82.2 Å². The van der Waals surface area contributed by atoms with Gasteiger partial charge in [-0.05, 0) is 54.3 Å². The van der Waals surface area contributed by atoms with Crippen LogP contribution in [0.25, 0.3) is 5.57 Å². The van der Waals surface area contributed by atoms with E-state index in [-0.39, 0.29) is 16.8 Å². The second-order valence-corrected chi connectivity index (χ2v) is 7.82. The summed E-state index contributed by atoms with van der Waals surface area (Å²) < 4.78 is 20.1. The van der Waals surface area contributed by atoms with Gasteiger partial charge in [0.05, 0.1) is 17.8 Å². The van der Waals surface area contributed by atoms with E-state index in [1.165, 1.54) is 28.5 Å². The number of methoxy groups -OCH3 is 1. The van der Waals surface area contributed by atoms with Crippen LogP contribution in [0.4, 0.5) is 15.9 Å². The Morgan fingerprint density at radius 2 is 2.03 bits per heavy atom. The fraction of sp³-hybridized carbons (Fsp3) is 0.217. The van der Waals surface area contributed by atoms with E-state index < -0.39 is 11.7 Å². The first kappa shape index (κ1) is 20.9. The SMILES string of the molecule is COc1ccc(C2=C[C@@H](c3nn(C)c(N)c3C(=O)Nc3ccc(F)c(Cl)c3)CC2)cc1. The third-order valence-electron chi connectivity index (χ3n) is 5.46. The van der Waals surface area contributed by atoms with Crippen molar-refractivity contribution in [3.63, 3.8) is 0 Å². The van der Waals surface area contributed by atoms with Crippen LogP contribution in [0.3, 0.4) is 0 Å². The van der Waals surface area contributed by atoms with Gasteiger partial charge in [0.2, 0.25) is 0 Å². The molecular formula is C23H22ClFN4O2. The Hall–Kier alpha value is -3.32. The molecule has 4 rings (SSSR count). The fourth-order valence-corrected chi connectivity index (χ4v) is 3.98. The van der Waals surface area contributed by atoms with Crippen LogP contribution in [0, 0.1) is 5.82 Å². The number of hydrogen-bond donors (Lipinski definition) is 2. The minimum Gasteiger partial charge on any atom is -0.497 e. The first-order valence-corrected chi connectivity index (χ1v) is 10.2. The highest BCUT2D eigenvalue weighted by molar-refractivity contribution is 6.31. The molecule has 0 aliphatic heterocycles. The third-order valence-corrected chi connectivity index (χ3v) is 5.75. The van der Waals surface area contributed by atoms with Crippen LogP contribution >= 0.6 is 11.6 Å². The van der Waals surface area contributed by atoms with E-state index in [0.29, 0.717) is 16.9 Å². The summed E-state index contributed by atoms with van der Waals surface area (Å²) in [4.78, 5) is 13.0.